The average molecular weight is 247 g/mol. The number of amides is 1. The van der Waals surface area contributed by atoms with E-state index in [2.05, 4.69) is 6.07 Å². The molecule has 96 valence electrons. The van der Waals surface area contributed by atoms with Gasteiger partial charge in [-0.05, 0) is 32.0 Å². The van der Waals surface area contributed by atoms with Crippen molar-refractivity contribution in [2.75, 3.05) is 18.8 Å². The Balaban J connectivity index is 2.97. The van der Waals surface area contributed by atoms with Crippen molar-refractivity contribution < 1.29 is 9.90 Å². The summed E-state index contributed by atoms with van der Waals surface area (Å²) in [7, 11) is 0. The molecule has 1 rings (SSSR count). The number of carbonyl (C=O) groups excluding carboxylic acids is 1. The lowest BCUT2D eigenvalue weighted by molar-refractivity contribution is 0.0753. The number of nitrogens with two attached hydrogens (primary N) is 1. The standard InChI is InChI=1S/C13H17N3O2/c1-3-16(8-9(2)7-14)13(18)11-6-10(17)4-5-12(11)15/h4-6,9,17H,3,8,15H2,1-2H3. The maximum absolute atomic E-state index is 12.2. The number of nitrogen functional groups attached to an aromatic ring is 1. The highest BCUT2D eigenvalue weighted by molar-refractivity contribution is 5.99. The maximum Gasteiger partial charge on any atom is 0.256 e. The van der Waals surface area contributed by atoms with Gasteiger partial charge in [-0.15, -0.1) is 0 Å². The fourth-order valence-electron chi connectivity index (χ4n) is 1.63. The molecule has 1 amide bonds. The highest BCUT2D eigenvalue weighted by atomic mass is 16.3. The second kappa shape index (κ2) is 5.92. The molecule has 0 spiro atoms. The predicted octanol–water partition coefficient (Wildman–Crippen LogP) is 1.60. The summed E-state index contributed by atoms with van der Waals surface area (Å²) in [6, 6.07) is 6.35. The SMILES string of the molecule is CCN(CC(C)C#N)C(=O)c1cc(O)ccc1N. The summed E-state index contributed by atoms with van der Waals surface area (Å²) in [5.74, 6) is -0.516. The van der Waals surface area contributed by atoms with Crippen LogP contribution >= 0.6 is 0 Å². The molecule has 0 saturated heterocycles. The van der Waals surface area contributed by atoms with Crippen molar-refractivity contribution in [1.29, 1.82) is 5.26 Å². The van der Waals surface area contributed by atoms with E-state index >= 15 is 0 Å². The van der Waals surface area contributed by atoms with Crippen LogP contribution in [-0.2, 0) is 0 Å². The van der Waals surface area contributed by atoms with Crippen LogP contribution in [0.3, 0.4) is 0 Å². The predicted molar refractivity (Wildman–Crippen MR) is 68.9 cm³/mol. The van der Waals surface area contributed by atoms with Crippen LogP contribution in [0.5, 0.6) is 5.75 Å². The monoisotopic (exact) mass is 247 g/mol. The summed E-state index contributed by atoms with van der Waals surface area (Å²) in [4.78, 5) is 13.8. The van der Waals surface area contributed by atoms with Crippen molar-refractivity contribution in [3.05, 3.63) is 23.8 Å². The van der Waals surface area contributed by atoms with Crippen molar-refractivity contribution in [1.82, 2.24) is 4.90 Å². The third-order valence-electron chi connectivity index (χ3n) is 2.65. The lowest BCUT2D eigenvalue weighted by Gasteiger charge is -2.22. The van der Waals surface area contributed by atoms with E-state index in [1.54, 1.807) is 11.8 Å². The van der Waals surface area contributed by atoms with Gasteiger partial charge in [-0.3, -0.25) is 4.79 Å². The number of anilines is 1. The molecule has 1 unspecified atom stereocenters. The van der Waals surface area contributed by atoms with Crippen molar-refractivity contribution in [2.24, 2.45) is 5.92 Å². The average Bonchev–Trinajstić information content (AvgIpc) is 2.37. The summed E-state index contributed by atoms with van der Waals surface area (Å²) < 4.78 is 0. The first-order valence-corrected chi connectivity index (χ1v) is 5.77. The molecule has 0 aliphatic heterocycles. The van der Waals surface area contributed by atoms with Gasteiger partial charge in [0.15, 0.2) is 0 Å². The summed E-state index contributed by atoms with van der Waals surface area (Å²) in [6.07, 6.45) is 0. The summed E-state index contributed by atoms with van der Waals surface area (Å²) in [5.41, 5.74) is 6.31. The molecule has 0 heterocycles. The first kappa shape index (κ1) is 13.8. The van der Waals surface area contributed by atoms with E-state index in [4.69, 9.17) is 11.0 Å². The van der Waals surface area contributed by atoms with Crippen LogP contribution in [0.4, 0.5) is 5.69 Å². The van der Waals surface area contributed by atoms with Gasteiger partial charge in [0.25, 0.3) is 5.91 Å². The normalized spacial score (nSPS) is 11.6. The molecule has 0 aliphatic carbocycles. The number of phenols is 1. The zero-order chi connectivity index (χ0) is 13.7. The van der Waals surface area contributed by atoms with Gasteiger partial charge in [-0.1, -0.05) is 0 Å². The van der Waals surface area contributed by atoms with Crippen molar-refractivity contribution >= 4 is 11.6 Å². The molecule has 0 saturated carbocycles. The molecule has 0 aromatic heterocycles. The van der Waals surface area contributed by atoms with Gasteiger partial charge in [0.2, 0.25) is 0 Å². The van der Waals surface area contributed by atoms with E-state index in [1.165, 1.54) is 18.2 Å². The Morgan fingerprint density at radius 1 is 1.61 bits per heavy atom. The van der Waals surface area contributed by atoms with E-state index in [9.17, 15) is 9.90 Å². The van der Waals surface area contributed by atoms with Crippen LogP contribution in [-0.4, -0.2) is 29.0 Å². The molecule has 0 radical (unpaired) electrons. The summed E-state index contributed by atoms with van der Waals surface area (Å²) >= 11 is 0. The van der Waals surface area contributed by atoms with E-state index in [1.807, 2.05) is 6.92 Å². The molecule has 5 heteroatoms. The Labute approximate surface area is 106 Å². The lowest BCUT2D eigenvalue weighted by Crippen LogP contribution is -2.34. The number of phenolic OH excluding ortho intramolecular Hbond substituents is 1. The minimum absolute atomic E-state index is 0.00284. The highest BCUT2D eigenvalue weighted by Gasteiger charge is 2.19. The fourth-order valence-corrected chi connectivity index (χ4v) is 1.63. The summed E-state index contributed by atoms with van der Waals surface area (Å²) in [6.45, 7) is 4.42. The van der Waals surface area contributed by atoms with Crippen LogP contribution in [0.2, 0.25) is 0 Å². The molecule has 1 aromatic carbocycles. The molecule has 18 heavy (non-hydrogen) atoms. The molecule has 0 aliphatic rings. The zero-order valence-electron chi connectivity index (χ0n) is 10.6. The molecule has 0 fully saturated rings. The third-order valence-corrected chi connectivity index (χ3v) is 2.65. The van der Waals surface area contributed by atoms with Gasteiger partial charge in [0.05, 0.1) is 17.6 Å². The Kier molecular flexibility index (Phi) is 4.55. The number of nitrogens with zero attached hydrogens (tertiary/aromatic N) is 2. The van der Waals surface area contributed by atoms with Gasteiger partial charge in [-0.25, -0.2) is 0 Å². The Morgan fingerprint density at radius 2 is 2.28 bits per heavy atom. The summed E-state index contributed by atoms with van der Waals surface area (Å²) in [5, 5.41) is 18.2. The number of nitriles is 1. The van der Waals surface area contributed by atoms with Crippen LogP contribution < -0.4 is 5.73 Å². The van der Waals surface area contributed by atoms with E-state index in [0.717, 1.165) is 0 Å². The first-order valence-electron chi connectivity index (χ1n) is 5.77. The van der Waals surface area contributed by atoms with Crippen molar-refractivity contribution in [3.63, 3.8) is 0 Å². The smallest absolute Gasteiger partial charge is 0.256 e. The molecule has 1 aromatic rings. The molecule has 0 bridgehead atoms. The largest absolute Gasteiger partial charge is 0.508 e. The molecule has 1 atom stereocenters. The number of rotatable bonds is 4. The Morgan fingerprint density at radius 3 is 2.83 bits per heavy atom. The Bertz CT molecular complexity index is 480. The van der Waals surface area contributed by atoms with Gasteiger partial charge < -0.3 is 15.7 Å². The third kappa shape index (κ3) is 3.14. The molecular formula is C13H17N3O2. The second-order valence-corrected chi connectivity index (χ2v) is 4.15. The zero-order valence-corrected chi connectivity index (χ0v) is 10.6. The van der Waals surface area contributed by atoms with Crippen LogP contribution in [0, 0.1) is 17.2 Å². The van der Waals surface area contributed by atoms with Gasteiger partial charge >= 0.3 is 0 Å². The van der Waals surface area contributed by atoms with E-state index in [-0.39, 0.29) is 23.1 Å². The van der Waals surface area contributed by atoms with E-state index < -0.39 is 0 Å². The van der Waals surface area contributed by atoms with Crippen molar-refractivity contribution in [2.45, 2.75) is 13.8 Å². The number of hydrogen-bond acceptors (Lipinski definition) is 4. The van der Waals surface area contributed by atoms with Crippen molar-refractivity contribution in [3.8, 4) is 11.8 Å². The lowest BCUT2D eigenvalue weighted by atomic mass is 10.1. The minimum atomic E-state index is -0.270. The number of aromatic hydroxyl groups is 1. The quantitative estimate of drug-likeness (QED) is 0.624. The minimum Gasteiger partial charge on any atom is -0.508 e. The fraction of sp³-hybridized carbons (Fsp3) is 0.385. The maximum atomic E-state index is 12.2. The molecular weight excluding hydrogens is 230 g/mol. The van der Waals surface area contributed by atoms with Crippen LogP contribution in [0.15, 0.2) is 18.2 Å². The van der Waals surface area contributed by atoms with Gasteiger partial charge in [-0.2, -0.15) is 5.26 Å². The molecule has 3 N–H and O–H groups in total. The number of benzene rings is 1. The number of hydrogen-bond donors (Lipinski definition) is 2. The van der Waals surface area contributed by atoms with Gasteiger partial charge in [0, 0.05) is 18.8 Å². The highest BCUT2D eigenvalue weighted by Crippen LogP contribution is 2.20. The first-order chi connectivity index (χ1) is 8.49. The van der Waals surface area contributed by atoms with Crippen LogP contribution in [0.25, 0.3) is 0 Å². The second-order valence-electron chi connectivity index (χ2n) is 4.15. The van der Waals surface area contributed by atoms with E-state index in [0.29, 0.717) is 18.8 Å². The Hall–Kier alpha value is -2.22. The van der Waals surface area contributed by atoms with Crippen LogP contribution in [0.1, 0.15) is 24.2 Å². The topological polar surface area (TPSA) is 90.3 Å². The van der Waals surface area contributed by atoms with Gasteiger partial charge in [0.1, 0.15) is 5.75 Å². The molecule has 5 nitrogen and oxygen atoms in total. The number of carbonyl (C=O) groups is 1.